The number of rotatable bonds is 38. The van der Waals surface area contributed by atoms with Crippen LogP contribution in [0.15, 0.2) is 24.3 Å². The first-order valence-corrected chi connectivity index (χ1v) is 22.8. The normalized spacial score (nSPS) is 13.4. The maximum absolute atomic E-state index is 12.5. The molecule has 8 heteroatoms. The molecule has 54 heavy (non-hydrogen) atoms. The third-order valence-corrected chi connectivity index (χ3v) is 10.3. The van der Waals surface area contributed by atoms with Gasteiger partial charge in [0.1, 0.15) is 13.2 Å². The Hall–Kier alpha value is -2.35. The molecule has 0 radical (unpaired) electrons. The Balaban J connectivity index is 2.21. The molecule has 1 fully saturated rings. The van der Waals surface area contributed by atoms with Gasteiger partial charge in [-0.3, -0.25) is 9.59 Å². The summed E-state index contributed by atoms with van der Waals surface area (Å²) in [5.41, 5.74) is 0. The molecule has 1 amide bonds. The van der Waals surface area contributed by atoms with Crippen LogP contribution in [-0.4, -0.2) is 68.4 Å². The van der Waals surface area contributed by atoms with Gasteiger partial charge in [0.25, 0.3) is 0 Å². The molecule has 1 aliphatic heterocycles. The number of likely N-dealkylation sites (tertiary alicyclic amines) is 1. The molecule has 0 atom stereocenters. The van der Waals surface area contributed by atoms with Crippen LogP contribution >= 0.6 is 0 Å². The van der Waals surface area contributed by atoms with E-state index in [2.05, 4.69) is 48.4 Å². The van der Waals surface area contributed by atoms with Crippen molar-refractivity contribution in [3.63, 3.8) is 0 Å². The van der Waals surface area contributed by atoms with Gasteiger partial charge < -0.3 is 24.4 Å². The van der Waals surface area contributed by atoms with Gasteiger partial charge in [-0.25, -0.2) is 4.79 Å². The van der Waals surface area contributed by atoms with Crippen LogP contribution in [0.25, 0.3) is 0 Å². The molecule has 1 aliphatic rings. The number of unbranched alkanes of at least 4 members (excludes halogenated alkanes) is 22. The quantitative estimate of drug-likeness (QED) is 0.0290. The molecule has 0 saturated carbocycles. The lowest BCUT2D eigenvalue weighted by molar-refractivity contribution is -0.152. The van der Waals surface area contributed by atoms with Crippen molar-refractivity contribution < 1.29 is 28.6 Å². The van der Waals surface area contributed by atoms with E-state index in [1.165, 1.54) is 128 Å². The number of nitrogens with zero attached hydrogens (tertiary/aromatic N) is 1. The number of alkyl carbamates (subject to hydrolysis) is 1. The van der Waals surface area contributed by atoms with Gasteiger partial charge in [0, 0.05) is 25.9 Å². The average molecular weight is 761 g/mol. The number of esters is 2. The van der Waals surface area contributed by atoms with Gasteiger partial charge in [0.15, 0.2) is 6.10 Å². The van der Waals surface area contributed by atoms with Crippen molar-refractivity contribution in [3.05, 3.63) is 24.3 Å². The second kappa shape index (κ2) is 38.9. The highest BCUT2D eigenvalue weighted by Gasteiger charge is 2.20. The van der Waals surface area contributed by atoms with Gasteiger partial charge in [-0.05, 0) is 90.1 Å². The summed E-state index contributed by atoms with van der Waals surface area (Å²) < 4.78 is 16.5. The number of hydrogen-bond acceptors (Lipinski definition) is 7. The molecule has 1 N–H and O–H groups in total. The number of allylic oxidation sites excluding steroid dienone is 4. The van der Waals surface area contributed by atoms with Crippen LogP contribution in [0.1, 0.15) is 206 Å². The van der Waals surface area contributed by atoms with Crippen molar-refractivity contribution in [2.45, 2.75) is 213 Å². The molecule has 1 saturated heterocycles. The van der Waals surface area contributed by atoms with Crippen molar-refractivity contribution in [1.29, 1.82) is 0 Å². The minimum Gasteiger partial charge on any atom is -0.462 e. The third kappa shape index (κ3) is 34.2. The van der Waals surface area contributed by atoms with Crippen molar-refractivity contribution in [1.82, 2.24) is 10.2 Å². The minimum absolute atomic E-state index is 0.121. The summed E-state index contributed by atoms with van der Waals surface area (Å²) >= 11 is 0. The average Bonchev–Trinajstić information content (AvgIpc) is 3.69. The third-order valence-electron chi connectivity index (χ3n) is 10.3. The second-order valence-electron chi connectivity index (χ2n) is 15.5. The van der Waals surface area contributed by atoms with Crippen LogP contribution in [0.3, 0.4) is 0 Å². The summed E-state index contributed by atoms with van der Waals surface area (Å²) in [6.07, 6.45) is 42.2. The zero-order valence-electron chi connectivity index (χ0n) is 35.2. The summed E-state index contributed by atoms with van der Waals surface area (Å²) in [4.78, 5) is 39.8. The monoisotopic (exact) mass is 761 g/mol. The molecule has 8 nitrogen and oxygen atoms in total. The van der Waals surface area contributed by atoms with E-state index in [4.69, 9.17) is 14.2 Å². The number of ether oxygens (including phenoxy) is 3. The molecule has 0 aromatic carbocycles. The lowest BCUT2D eigenvalue weighted by Crippen LogP contribution is -2.38. The number of carbonyl (C=O) groups excluding carboxylic acids is 3. The lowest BCUT2D eigenvalue weighted by atomic mass is 10.1. The molecule has 0 unspecified atom stereocenters. The maximum atomic E-state index is 12.5. The molecular formula is C46H84N2O6. The van der Waals surface area contributed by atoms with Gasteiger partial charge >= 0.3 is 18.0 Å². The van der Waals surface area contributed by atoms with E-state index in [0.29, 0.717) is 19.4 Å². The fourth-order valence-electron chi connectivity index (χ4n) is 6.83. The predicted molar refractivity (Wildman–Crippen MR) is 225 cm³/mol. The van der Waals surface area contributed by atoms with Crippen molar-refractivity contribution in [2.24, 2.45) is 0 Å². The van der Waals surface area contributed by atoms with E-state index < -0.39 is 12.2 Å². The van der Waals surface area contributed by atoms with E-state index in [1.807, 2.05) is 0 Å². The fourth-order valence-corrected chi connectivity index (χ4v) is 6.83. The molecule has 1 rings (SSSR count). The number of amides is 1. The summed E-state index contributed by atoms with van der Waals surface area (Å²) in [5.74, 6) is -0.620. The van der Waals surface area contributed by atoms with Crippen LogP contribution in [-0.2, 0) is 23.8 Å². The number of carbonyl (C=O) groups is 3. The van der Waals surface area contributed by atoms with Crippen LogP contribution in [0, 0.1) is 0 Å². The molecule has 0 aromatic rings. The Morgan fingerprint density at radius 2 is 0.907 bits per heavy atom. The van der Waals surface area contributed by atoms with Crippen LogP contribution in [0.2, 0.25) is 0 Å². The van der Waals surface area contributed by atoms with Crippen LogP contribution in [0.4, 0.5) is 4.79 Å². The summed E-state index contributed by atoms with van der Waals surface area (Å²) in [6.45, 7) is 7.64. The first kappa shape index (κ1) is 49.7. The van der Waals surface area contributed by atoms with Crippen LogP contribution < -0.4 is 5.32 Å². The highest BCUT2D eigenvalue weighted by atomic mass is 16.6. The van der Waals surface area contributed by atoms with E-state index >= 15 is 0 Å². The Bertz CT molecular complexity index is 876. The Morgan fingerprint density at radius 3 is 1.31 bits per heavy atom. The van der Waals surface area contributed by atoms with E-state index in [1.54, 1.807) is 0 Å². The van der Waals surface area contributed by atoms with E-state index in [0.717, 1.165) is 71.0 Å². The maximum Gasteiger partial charge on any atom is 0.407 e. The standard InChI is InChI=1S/C46H84N2O6/c1-3-5-7-9-11-13-15-17-19-21-23-25-27-29-31-35-44(49)52-41-43(54-46(51)47-37-40-48-38-33-34-39-48)42-53-45(50)36-32-30-28-26-24-22-20-18-16-14-12-10-8-6-4-2/h17-20,43H,3-16,21-42H2,1-2H3,(H,47,51)/b19-17-,20-18-. The zero-order chi connectivity index (χ0) is 39.0. The smallest absolute Gasteiger partial charge is 0.407 e. The van der Waals surface area contributed by atoms with Gasteiger partial charge in [-0.15, -0.1) is 0 Å². The van der Waals surface area contributed by atoms with E-state index in [9.17, 15) is 14.4 Å². The van der Waals surface area contributed by atoms with Crippen molar-refractivity contribution in [3.8, 4) is 0 Å². The fraction of sp³-hybridized carbons (Fsp3) is 0.848. The predicted octanol–water partition coefficient (Wildman–Crippen LogP) is 12.3. The Morgan fingerprint density at radius 1 is 0.537 bits per heavy atom. The highest BCUT2D eigenvalue weighted by Crippen LogP contribution is 2.13. The molecule has 0 bridgehead atoms. The van der Waals surface area contributed by atoms with Gasteiger partial charge in [0.2, 0.25) is 0 Å². The minimum atomic E-state index is -0.840. The van der Waals surface area contributed by atoms with Gasteiger partial charge in [-0.2, -0.15) is 0 Å². The summed E-state index contributed by atoms with van der Waals surface area (Å²) in [7, 11) is 0. The van der Waals surface area contributed by atoms with Crippen LogP contribution in [0.5, 0.6) is 0 Å². The highest BCUT2D eigenvalue weighted by molar-refractivity contribution is 5.70. The Labute approximate surface area is 332 Å². The molecule has 1 heterocycles. The van der Waals surface area contributed by atoms with Crippen molar-refractivity contribution >= 4 is 18.0 Å². The molecule has 0 aromatic heterocycles. The zero-order valence-corrected chi connectivity index (χ0v) is 35.2. The summed E-state index contributed by atoms with van der Waals surface area (Å²) in [5, 5.41) is 2.79. The summed E-state index contributed by atoms with van der Waals surface area (Å²) in [6, 6.07) is 0. The molecule has 314 valence electrons. The second-order valence-corrected chi connectivity index (χ2v) is 15.5. The molecular weight excluding hydrogens is 677 g/mol. The van der Waals surface area contributed by atoms with E-state index in [-0.39, 0.29) is 25.2 Å². The van der Waals surface area contributed by atoms with Crippen molar-refractivity contribution in [2.75, 3.05) is 39.4 Å². The lowest BCUT2D eigenvalue weighted by Gasteiger charge is -2.19. The first-order chi connectivity index (χ1) is 26.5. The topological polar surface area (TPSA) is 94.2 Å². The van der Waals surface area contributed by atoms with Gasteiger partial charge in [0.05, 0.1) is 0 Å². The molecule has 0 aliphatic carbocycles. The largest absolute Gasteiger partial charge is 0.462 e. The number of nitrogens with one attached hydrogen (secondary N) is 1. The Kier molecular flexibility index (Phi) is 35.8. The first-order valence-electron chi connectivity index (χ1n) is 22.8. The SMILES string of the molecule is CCCCCCCC/C=C\CCCCCCCC(=O)OCC(COC(=O)CCCCCCC/C=C\CCCCCCCC)OC(=O)NCCN1CCCC1. The molecule has 0 spiro atoms. The number of hydrogen-bond donors (Lipinski definition) is 1. The van der Waals surface area contributed by atoms with Gasteiger partial charge in [-0.1, -0.05) is 141 Å².